The number of fused-ring (bicyclic) bond motifs is 1. The first-order valence-electron chi connectivity index (χ1n) is 7.04. The lowest BCUT2D eigenvalue weighted by molar-refractivity contribution is -0.137. The van der Waals surface area contributed by atoms with Gasteiger partial charge in [0.25, 0.3) is 0 Å². The summed E-state index contributed by atoms with van der Waals surface area (Å²) in [6, 6.07) is 13.6. The van der Waals surface area contributed by atoms with Gasteiger partial charge in [0.2, 0.25) is 5.91 Å². The van der Waals surface area contributed by atoms with Gasteiger partial charge in [-0.2, -0.15) is 0 Å². The third-order valence-electron chi connectivity index (χ3n) is 2.93. The van der Waals surface area contributed by atoms with Crippen LogP contribution in [0.25, 0.3) is 10.8 Å². The summed E-state index contributed by atoms with van der Waals surface area (Å²) in [6.07, 6.45) is 2.13. The Morgan fingerprint density at radius 1 is 1.13 bits per heavy atom. The van der Waals surface area contributed by atoms with E-state index < -0.39 is 11.9 Å². The molecular weight excluding hydrogens is 312 g/mol. The van der Waals surface area contributed by atoms with Crippen molar-refractivity contribution in [3.05, 3.63) is 54.6 Å². The third kappa shape index (κ3) is 4.89. The summed E-state index contributed by atoms with van der Waals surface area (Å²) in [5, 5.41) is 7.67. The SMILES string of the molecule is CCOC(=O)/C=C/C(=O)NC(=S)Nc1cccc2ccccc12. The van der Waals surface area contributed by atoms with Crippen molar-refractivity contribution in [1.82, 2.24) is 5.32 Å². The topological polar surface area (TPSA) is 67.4 Å². The Morgan fingerprint density at radius 2 is 1.87 bits per heavy atom. The summed E-state index contributed by atoms with van der Waals surface area (Å²) in [4.78, 5) is 22.8. The second-order valence-corrected chi connectivity index (χ2v) is 4.96. The smallest absolute Gasteiger partial charge is 0.330 e. The van der Waals surface area contributed by atoms with Gasteiger partial charge in [-0.25, -0.2) is 4.79 Å². The van der Waals surface area contributed by atoms with Gasteiger partial charge in [0, 0.05) is 23.2 Å². The lowest BCUT2D eigenvalue weighted by Gasteiger charge is -2.10. The van der Waals surface area contributed by atoms with Crippen LogP contribution in [-0.2, 0) is 14.3 Å². The monoisotopic (exact) mass is 328 g/mol. The van der Waals surface area contributed by atoms with Crippen molar-refractivity contribution >= 4 is 45.7 Å². The van der Waals surface area contributed by atoms with Gasteiger partial charge in [0.15, 0.2) is 5.11 Å². The molecule has 0 heterocycles. The molecule has 5 nitrogen and oxygen atoms in total. The number of nitrogens with one attached hydrogen (secondary N) is 2. The van der Waals surface area contributed by atoms with Gasteiger partial charge in [-0.1, -0.05) is 36.4 Å². The fourth-order valence-electron chi connectivity index (χ4n) is 1.98. The maximum atomic E-state index is 11.7. The Labute approximate surface area is 139 Å². The highest BCUT2D eigenvalue weighted by atomic mass is 32.1. The number of esters is 1. The van der Waals surface area contributed by atoms with Crippen LogP contribution in [0.5, 0.6) is 0 Å². The van der Waals surface area contributed by atoms with Crippen molar-refractivity contribution < 1.29 is 14.3 Å². The second kappa shape index (κ2) is 8.05. The molecule has 0 aliphatic carbocycles. The van der Waals surface area contributed by atoms with E-state index in [-0.39, 0.29) is 11.7 Å². The molecule has 0 atom stereocenters. The summed E-state index contributed by atoms with van der Waals surface area (Å²) < 4.78 is 4.69. The van der Waals surface area contributed by atoms with E-state index in [4.69, 9.17) is 12.2 Å². The molecule has 6 heteroatoms. The highest BCUT2D eigenvalue weighted by Crippen LogP contribution is 2.22. The quantitative estimate of drug-likeness (QED) is 0.513. The number of carbonyl (C=O) groups is 2. The van der Waals surface area contributed by atoms with E-state index in [2.05, 4.69) is 15.4 Å². The normalized spacial score (nSPS) is 10.5. The number of benzene rings is 2. The van der Waals surface area contributed by atoms with Crippen LogP contribution < -0.4 is 10.6 Å². The highest BCUT2D eigenvalue weighted by molar-refractivity contribution is 7.80. The zero-order chi connectivity index (χ0) is 16.7. The zero-order valence-corrected chi connectivity index (χ0v) is 13.4. The van der Waals surface area contributed by atoms with Gasteiger partial charge >= 0.3 is 5.97 Å². The third-order valence-corrected chi connectivity index (χ3v) is 3.14. The van der Waals surface area contributed by atoms with Gasteiger partial charge in [0.05, 0.1) is 6.61 Å². The number of hydrogen-bond donors (Lipinski definition) is 2. The highest BCUT2D eigenvalue weighted by Gasteiger charge is 2.05. The molecule has 23 heavy (non-hydrogen) atoms. The molecule has 0 radical (unpaired) electrons. The molecule has 0 fully saturated rings. The van der Waals surface area contributed by atoms with E-state index in [1.165, 1.54) is 0 Å². The van der Waals surface area contributed by atoms with Gasteiger partial charge in [-0.05, 0) is 30.6 Å². The number of hydrogen-bond acceptors (Lipinski definition) is 4. The van der Waals surface area contributed by atoms with Crippen LogP contribution in [0.1, 0.15) is 6.92 Å². The van der Waals surface area contributed by atoms with Crippen molar-refractivity contribution in [2.45, 2.75) is 6.92 Å². The number of anilines is 1. The molecule has 0 saturated heterocycles. The lowest BCUT2D eigenvalue weighted by Crippen LogP contribution is -2.33. The molecule has 0 spiro atoms. The predicted molar refractivity (Wildman–Crippen MR) is 94.1 cm³/mol. The van der Waals surface area contributed by atoms with Crippen LogP contribution in [0.2, 0.25) is 0 Å². The van der Waals surface area contributed by atoms with Gasteiger partial charge in [0.1, 0.15) is 0 Å². The molecule has 2 rings (SSSR count). The minimum absolute atomic E-state index is 0.153. The van der Waals surface area contributed by atoms with E-state index in [9.17, 15) is 9.59 Å². The first-order chi connectivity index (χ1) is 11.1. The van der Waals surface area contributed by atoms with Crippen LogP contribution in [0.3, 0.4) is 0 Å². The first-order valence-corrected chi connectivity index (χ1v) is 7.45. The average molecular weight is 328 g/mol. The summed E-state index contributed by atoms with van der Waals surface area (Å²) in [5.41, 5.74) is 0.794. The average Bonchev–Trinajstić information content (AvgIpc) is 2.53. The number of ether oxygens (including phenoxy) is 1. The molecule has 2 aromatic carbocycles. The van der Waals surface area contributed by atoms with Crippen LogP contribution in [0.15, 0.2) is 54.6 Å². The molecule has 0 bridgehead atoms. The molecule has 0 saturated carbocycles. The standard InChI is InChI=1S/C17H16N2O3S/c1-2-22-16(21)11-10-15(20)19-17(23)18-14-9-5-7-12-6-3-4-8-13(12)14/h3-11H,2H2,1H3,(H2,18,19,20,23)/b11-10+. The molecule has 0 aromatic heterocycles. The molecule has 1 amide bonds. The van der Waals surface area contributed by atoms with Crippen LogP contribution in [-0.4, -0.2) is 23.6 Å². The van der Waals surface area contributed by atoms with E-state index in [1.807, 2.05) is 42.5 Å². The molecule has 0 aliphatic heterocycles. The lowest BCUT2D eigenvalue weighted by atomic mass is 10.1. The summed E-state index contributed by atoms with van der Waals surface area (Å²) in [6.45, 7) is 1.95. The molecule has 2 aromatic rings. The van der Waals surface area contributed by atoms with E-state index in [0.29, 0.717) is 0 Å². The minimum Gasteiger partial charge on any atom is -0.463 e. The summed E-state index contributed by atoms with van der Waals surface area (Å²) >= 11 is 5.11. The number of carbonyl (C=O) groups excluding carboxylic acids is 2. The fourth-order valence-corrected chi connectivity index (χ4v) is 2.19. The first kappa shape index (κ1) is 16.6. The molecule has 0 unspecified atom stereocenters. The van der Waals surface area contributed by atoms with Crippen molar-refractivity contribution in [2.24, 2.45) is 0 Å². The Morgan fingerprint density at radius 3 is 2.65 bits per heavy atom. The number of rotatable bonds is 4. The van der Waals surface area contributed by atoms with Crippen LogP contribution in [0.4, 0.5) is 5.69 Å². The molecular formula is C17H16N2O3S. The Hall–Kier alpha value is -2.73. The number of thiocarbonyl (C=S) groups is 1. The molecule has 0 aliphatic rings. The van der Waals surface area contributed by atoms with Gasteiger partial charge in [-0.15, -0.1) is 0 Å². The molecule has 2 N–H and O–H groups in total. The Bertz CT molecular complexity index is 766. The van der Waals surface area contributed by atoms with Crippen molar-refractivity contribution in [3.63, 3.8) is 0 Å². The Kier molecular flexibility index (Phi) is 5.82. The minimum atomic E-state index is -0.574. The maximum Gasteiger partial charge on any atom is 0.330 e. The predicted octanol–water partition coefficient (Wildman–Crippen LogP) is 2.77. The Balaban J connectivity index is 1.99. The van der Waals surface area contributed by atoms with Crippen molar-refractivity contribution in [1.29, 1.82) is 0 Å². The van der Waals surface area contributed by atoms with E-state index in [1.54, 1.807) is 6.92 Å². The largest absolute Gasteiger partial charge is 0.463 e. The van der Waals surface area contributed by atoms with Gasteiger partial charge < -0.3 is 10.1 Å². The van der Waals surface area contributed by atoms with Crippen LogP contribution >= 0.6 is 12.2 Å². The van der Waals surface area contributed by atoms with E-state index in [0.717, 1.165) is 28.6 Å². The number of amides is 1. The molecule has 118 valence electrons. The maximum absolute atomic E-state index is 11.7. The van der Waals surface area contributed by atoms with Crippen LogP contribution in [0, 0.1) is 0 Å². The van der Waals surface area contributed by atoms with Gasteiger partial charge in [-0.3, -0.25) is 10.1 Å². The van der Waals surface area contributed by atoms with E-state index >= 15 is 0 Å². The second-order valence-electron chi connectivity index (χ2n) is 4.56. The van der Waals surface area contributed by atoms with Crippen molar-refractivity contribution in [2.75, 3.05) is 11.9 Å². The zero-order valence-electron chi connectivity index (χ0n) is 12.5. The summed E-state index contributed by atoms with van der Waals surface area (Å²) in [7, 11) is 0. The fraction of sp³-hybridized carbons (Fsp3) is 0.118. The van der Waals surface area contributed by atoms with Crippen molar-refractivity contribution in [3.8, 4) is 0 Å². The summed E-state index contributed by atoms with van der Waals surface area (Å²) in [5.74, 6) is -1.08.